The predicted molar refractivity (Wildman–Crippen MR) is 70.4 cm³/mol. The Kier molecular flexibility index (Phi) is 2.65. The normalized spacial score (nSPS) is 10.7. The number of aldehydes is 1. The number of hydrogen-bond acceptors (Lipinski definition) is 2. The van der Waals surface area contributed by atoms with Crippen LogP contribution in [0.2, 0.25) is 0 Å². The second kappa shape index (κ2) is 4.45. The maximum Gasteiger partial charge on any atom is 0.144 e. The SMILES string of the molecule is O=CCc1nc(-c2ccccc2)n2ccccc12. The lowest BCUT2D eigenvalue weighted by Gasteiger charge is -2.00. The monoisotopic (exact) mass is 236 g/mol. The molecular weight excluding hydrogens is 224 g/mol. The van der Waals surface area contributed by atoms with Gasteiger partial charge in [0, 0.05) is 18.2 Å². The number of carbonyl (C=O) groups excluding carboxylic acids is 1. The van der Waals surface area contributed by atoms with Crippen LogP contribution in [0.4, 0.5) is 0 Å². The van der Waals surface area contributed by atoms with E-state index in [-0.39, 0.29) is 0 Å². The van der Waals surface area contributed by atoms with Gasteiger partial charge >= 0.3 is 0 Å². The van der Waals surface area contributed by atoms with E-state index in [0.29, 0.717) is 6.42 Å². The van der Waals surface area contributed by atoms with Crippen LogP contribution < -0.4 is 0 Å². The molecule has 0 saturated heterocycles. The molecule has 3 rings (SSSR count). The highest BCUT2D eigenvalue weighted by atomic mass is 16.1. The van der Waals surface area contributed by atoms with Crippen molar-refractivity contribution in [2.75, 3.05) is 0 Å². The van der Waals surface area contributed by atoms with E-state index >= 15 is 0 Å². The van der Waals surface area contributed by atoms with Crippen molar-refractivity contribution >= 4 is 11.8 Å². The standard InChI is InChI=1S/C15H12N2O/c18-11-9-13-14-8-4-5-10-17(14)15(16-13)12-6-2-1-3-7-12/h1-8,10-11H,9H2. The highest BCUT2D eigenvalue weighted by Gasteiger charge is 2.11. The van der Waals surface area contributed by atoms with E-state index in [2.05, 4.69) is 4.98 Å². The quantitative estimate of drug-likeness (QED) is 0.655. The van der Waals surface area contributed by atoms with Gasteiger partial charge in [-0.15, -0.1) is 0 Å². The zero-order valence-corrected chi connectivity index (χ0v) is 9.78. The number of nitrogens with zero attached hydrogens (tertiary/aromatic N) is 2. The number of imidazole rings is 1. The van der Waals surface area contributed by atoms with Crippen LogP contribution >= 0.6 is 0 Å². The Bertz CT molecular complexity index is 686. The first kappa shape index (κ1) is 10.7. The van der Waals surface area contributed by atoms with Gasteiger partial charge in [0.25, 0.3) is 0 Å². The third kappa shape index (κ3) is 1.70. The minimum Gasteiger partial charge on any atom is -0.303 e. The van der Waals surface area contributed by atoms with Gasteiger partial charge in [0.15, 0.2) is 0 Å². The van der Waals surface area contributed by atoms with Crippen molar-refractivity contribution in [1.82, 2.24) is 9.38 Å². The van der Waals surface area contributed by atoms with Gasteiger partial charge in [0.1, 0.15) is 12.1 Å². The third-order valence-corrected chi connectivity index (χ3v) is 2.93. The van der Waals surface area contributed by atoms with Crippen molar-refractivity contribution in [1.29, 1.82) is 0 Å². The summed E-state index contributed by atoms with van der Waals surface area (Å²) in [4.78, 5) is 15.3. The Morgan fingerprint density at radius 2 is 1.83 bits per heavy atom. The van der Waals surface area contributed by atoms with Gasteiger partial charge in [0.05, 0.1) is 11.2 Å². The molecule has 0 aliphatic carbocycles. The maximum atomic E-state index is 10.7. The van der Waals surface area contributed by atoms with E-state index < -0.39 is 0 Å². The fourth-order valence-electron chi connectivity index (χ4n) is 2.12. The van der Waals surface area contributed by atoms with E-state index in [1.165, 1.54) is 0 Å². The number of hydrogen-bond donors (Lipinski definition) is 0. The fraction of sp³-hybridized carbons (Fsp3) is 0.0667. The highest BCUT2D eigenvalue weighted by molar-refractivity contribution is 5.69. The van der Waals surface area contributed by atoms with Crippen LogP contribution in [0.1, 0.15) is 5.69 Å². The van der Waals surface area contributed by atoms with Crippen molar-refractivity contribution < 1.29 is 4.79 Å². The summed E-state index contributed by atoms with van der Waals surface area (Å²) in [7, 11) is 0. The minimum absolute atomic E-state index is 0.348. The minimum atomic E-state index is 0.348. The van der Waals surface area contributed by atoms with Gasteiger partial charge in [-0.25, -0.2) is 4.98 Å². The topological polar surface area (TPSA) is 34.4 Å². The van der Waals surface area contributed by atoms with Gasteiger partial charge in [-0.3, -0.25) is 4.40 Å². The number of aromatic nitrogens is 2. The number of benzene rings is 1. The Labute approximate surface area is 105 Å². The van der Waals surface area contributed by atoms with Crippen molar-refractivity contribution in [2.45, 2.75) is 6.42 Å². The van der Waals surface area contributed by atoms with Gasteiger partial charge < -0.3 is 4.79 Å². The zero-order valence-electron chi connectivity index (χ0n) is 9.78. The van der Waals surface area contributed by atoms with Crippen molar-refractivity contribution in [3.8, 4) is 11.4 Å². The van der Waals surface area contributed by atoms with Crippen molar-refractivity contribution in [3.05, 3.63) is 60.4 Å². The summed E-state index contributed by atoms with van der Waals surface area (Å²) in [6.45, 7) is 0. The lowest BCUT2D eigenvalue weighted by atomic mass is 10.2. The molecule has 0 unspecified atom stereocenters. The maximum absolute atomic E-state index is 10.7. The smallest absolute Gasteiger partial charge is 0.144 e. The molecule has 3 heteroatoms. The molecule has 0 amide bonds. The molecule has 0 aliphatic heterocycles. The molecule has 0 aliphatic rings. The van der Waals surface area contributed by atoms with Gasteiger partial charge in [-0.05, 0) is 12.1 Å². The van der Waals surface area contributed by atoms with Crippen LogP contribution in [-0.2, 0) is 11.2 Å². The van der Waals surface area contributed by atoms with Crippen LogP contribution in [0.3, 0.4) is 0 Å². The molecule has 18 heavy (non-hydrogen) atoms. The molecular formula is C15H12N2O. The van der Waals surface area contributed by atoms with E-state index in [0.717, 1.165) is 28.9 Å². The van der Waals surface area contributed by atoms with E-state index in [1.807, 2.05) is 59.1 Å². The fourth-order valence-corrected chi connectivity index (χ4v) is 2.12. The first-order chi connectivity index (χ1) is 8.90. The number of rotatable bonds is 3. The average molecular weight is 236 g/mol. The molecule has 1 aromatic carbocycles. The molecule has 0 fully saturated rings. The van der Waals surface area contributed by atoms with Gasteiger partial charge in [-0.2, -0.15) is 0 Å². The molecule has 0 N–H and O–H groups in total. The van der Waals surface area contributed by atoms with E-state index in [4.69, 9.17) is 0 Å². The lowest BCUT2D eigenvalue weighted by Crippen LogP contribution is -1.87. The first-order valence-corrected chi connectivity index (χ1v) is 5.85. The summed E-state index contributed by atoms with van der Waals surface area (Å²) in [5.41, 5.74) is 2.86. The highest BCUT2D eigenvalue weighted by Crippen LogP contribution is 2.22. The first-order valence-electron chi connectivity index (χ1n) is 5.85. The van der Waals surface area contributed by atoms with Crippen molar-refractivity contribution in [2.24, 2.45) is 0 Å². The molecule has 0 spiro atoms. The largest absolute Gasteiger partial charge is 0.303 e. The molecule has 2 heterocycles. The van der Waals surface area contributed by atoms with Crippen LogP contribution in [0.15, 0.2) is 54.7 Å². The van der Waals surface area contributed by atoms with Crippen LogP contribution in [0.25, 0.3) is 16.9 Å². The van der Waals surface area contributed by atoms with Crippen LogP contribution in [-0.4, -0.2) is 15.7 Å². The molecule has 3 aromatic rings. The zero-order chi connectivity index (χ0) is 12.4. The Balaban J connectivity index is 2.27. The predicted octanol–water partition coefficient (Wildman–Crippen LogP) is 2.74. The van der Waals surface area contributed by atoms with Crippen molar-refractivity contribution in [3.63, 3.8) is 0 Å². The summed E-state index contributed by atoms with van der Waals surface area (Å²) < 4.78 is 2.02. The number of carbonyl (C=O) groups is 1. The van der Waals surface area contributed by atoms with E-state index in [1.54, 1.807) is 0 Å². The summed E-state index contributed by atoms with van der Waals surface area (Å²) in [5, 5.41) is 0. The third-order valence-electron chi connectivity index (χ3n) is 2.93. The second-order valence-corrected chi connectivity index (χ2v) is 4.07. The summed E-state index contributed by atoms with van der Waals surface area (Å²) in [6.07, 6.45) is 3.21. The number of fused-ring (bicyclic) bond motifs is 1. The van der Waals surface area contributed by atoms with Gasteiger partial charge in [-0.1, -0.05) is 36.4 Å². The van der Waals surface area contributed by atoms with Crippen LogP contribution in [0, 0.1) is 0 Å². The molecule has 0 radical (unpaired) electrons. The molecule has 3 nitrogen and oxygen atoms in total. The Morgan fingerprint density at radius 3 is 2.61 bits per heavy atom. The van der Waals surface area contributed by atoms with Gasteiger partial charge in [0.2, 0.25) is 0 Å². The van der Waals surface area contributed by atoms with Crippen LogP contribution in [0.5, 0.6) is 0 Å². The Morgan fingerprint density at radius 1 is 1.06 bits per heavy atom. The molecule has 2 aromatic heterocycles. The number of pyridine rings is 1. The van der Waals surface area contributed by atoms with E-state index in [9.17, 15) is 4.79 Å². The lowest BCUT2D eigenvalue weighted by molar-refractivity contribution is -0.107. The molecule has 0 bridgehead atoms. The molecule has 0 atom stereocenters. The molecule has 88 valence electrons. The second-order valence-electron chi connectivity index (χ2n) is 4.07. The molecule has 0 saturated carbocycles. The summed E-state index contributed by atoms with van der Waals surface area (Å²) in [5.74, 6) is 0.878. The Hall–Kier alpha value is -2.42. The average Bonchev–Trinajstić information content (AvgIpc) is 2.80. The summed E-state index contributed by atoms with van der Waals surface area (Å²) in [6, 6.07) is 15.9. The summed E-state index contributed by atoms with van der Waals surface area (Å²) >= 11 is 0.